The van der Waals surface area contributed by atoms with Gasteiger partial charge in [0, 0.05) is 34.3 Å². The molecule has 0 saturated heterocycles. The second-order valence-corrected chi connectivity index (χ2v) is 10.0. The number of carboxylic acid groups (broad SMARTS) is 1. The van der Waals surface area contributed by atoms with Crippen molar-refractivity contribution in [3.05, 3.63) is 103 Å². The molecule has 0 radical (unpaired) electrons. The van der Waals surface area contributed by atoms with E-state index in [1.807, 2.05) is 30.3 Å². The lowest BCUT2D eigenvalue weighted by molar-refractivity contribution is -0.141. The van der Waals surface area contributed by atoms with Crippen molar-refractivity contribution < 1.29 is 14.7 Å². The molecule has 1 aliphatic rings. The maximum absolute atomic E-state index is 13.6. The van der Waals surface area contributed by atoms with Gasteiger partial charge in [0.25, 0.3) is 5.56 Å². The molecule has 0 spiro atoms. The van der Waals surface area contributed by atoms with Crippen molar-refractivity contribution >= 4 is 63.3 Å². The van der Waals surface area contributed by atoms with Crippen molar-refractivity contribution in [1.29, 1.82) is 0 Å². The fourth-order valence-electron chi connectivity index (χ4n) is 4.69. The molecule has 1 aromatic heterocycles. The molecule has 0 aliphatic carbocycles. The lowest BCUT2D eigenvalue weighted by Crippen LogP contribution is -2.27. The van der Waals surface area contributed by atoms with Gasteiger partial charge >= 0.3 is 5.97 Å². The summed E-state index contributed by atoms with van der Waals surface area (Å²) in [6, 6.07) is 19.0. The standard InChI is InChI=1S/C28H20Cl3N3O4/c29-16-9-10-20-18(13-16)25(15-5-2-1-3-6-15)26(28(38)32-20)21-14-22(17-7-4-8-19(30)27(17)31)34(33-21)23(35)11-12-24(36)37/h1-10,13,22H,11-12,14H2,(H,32,38)(H,36,37)/t22-/m1/s1. The highest BCUT2D eigenvalue weighted by Crippen LogP contribution is 2.41. The van der Waals surface area contributed by atoms with Crippen LogP contribution in [0.2, 0.25) is 15.1 Å². The minimum atomic E-state index is -1.10. The Morgan fingerprint density at radius 2 is 1.74 bits per heavy atom. The second kappa shape index (κ2) is 10.6. The largest absolute Gasteiger partial charge is 0.481 e. The zero-order chi connectivity index (χ0) is 27.0. The van der Waals surface area contributed by atoms with E-state index in [-0.39, 0.29) is 29.8 Å². The van der Waals surface area contributed by atoms with Gasteiger partial charge in [0.2, 0.25) is 5.91 Å². The molecule has 0 fully saturated rings. The lowest BCUT2D eigenvalue weighted by atomic mass is 9.91. The third-order valence-electron chi connectivity index (χ3n) is 6.39. The molecule has 5 rings (SSSR count). The molecule has 4 aromatic rings. The Balaban J connectivity index is 1.72. The van der Waals surface area contributed by atoms with Gasteiger partial charge in [-0.3, -0.25) is 14.4 Å². The Hall–Kier alpha value is -3.65. The molecule has 0 saturated carbocycles. The third kappa shape index (κ3) is 4.92. The van der Waals surface area contributed by atoms with E-state index in [1.165, 1.54) is 5.01 Å². The summed E-state index contributed by atoms with van der Waals surface area (Å²) >= 11 is 19.1. The highest BCUT2D eigenvalue weighted by Gasteiger charge is 2.36. The molecule has 1 atom stereocenters. The molecule has 192 valence electrons. The van der Waals surface area contributed by atoms with Gasteiger partial charge in [-0.05, 0) is 35.4 Å². The molecule has 2 N–H and O–H groups in total. The van der Waals surface area contributed by atoms with Gasteiger partial charge in [-0.15, -0.1) is 0 Å². The quantitative estimate of drug-likeness (QED) is 0.270. The van der Waals surface area contributed by atoms with Crippen molar-refractivity contribution in [2.24, 2.45) is 5.10 Å². The smallest absolute Gasteiger partial charge is 0.303 e. The number of amides is 1. The van der Waals surface area contributed by atoms with Crippen LogP contribution < -0.4 is 5.56 Å². The predicted octanol–water partition coefficient (Wildman–Crippen LogP) is 6.70. The summed E-state index contributed by atoms with van der Waals surface area (Å²) in [6.45, 7) is 0. The monoisotopic (exact) mass is 567 g/mol. The molecule has 0 bridgehead atoms. The number of halogens is 3. The number of benzene rings is 3. The maximum atomic E-state index is 13.6. The number of aliphatic carboxylic acids is 1. The van der Waals surface area contributed by atoms with Gasteiger partial charge in [-0.25, -0.2) is 5.01 Å². The highest BCUT2D eigenvalue weighted by atomic mass is 35.5. The molecule has 3 aromatic carbocycles. The third-order valence-corrected chi connectivity index (χ3v) is 7.45. The number of hydrogen-bond donors (Lipinski definition) is 2. The van der Waals surface area contributed by atoms with Crippen LogP contribution in [0.5, 0.6) is 0 Å². The maximum Gasteiger partial charge on any atom is 0.303 e. The van der Waals surface area contributed by atoms with E-state index in [4.69, 9.17) is 39.9 Å². The van der Waals surface area contributed by atoms with Crippen LogP contribution in [-0.2, 0) is 9.59 Å². The predicted molar refractivity (Wildman–Crippen MR) is 149 cm³/mol. The number of hydrogen-bond acceptors (Lipinski definition) is 4. The molecule has 1 amide bonds. The lowest BCUT2D eigenvalue weighted by Gasteiger charge is -2.23. The van der Waals surface area contributed by atoms with Crippen LogP contribution in [0, 0.1) is 0 Å². The fraction of sp³-hybridized carbons (Fsp3) is 0.143. The van der Waals surface area contributed by atoms with Crippen LogP contribution in [0.1, 0.15) is 36.4 Å². The first-order valence-electron chi connectivity index (χ1n) is 11.7. The number of nitrogens with zero attached hydrogens (tertiary/aromatic N) is 2. The van der Waals surface area contributed by atoms with E-state index in [0.717, 1.165) is 5.56 Å². The number of carbonyl (C=O) groups is 2. The van der Waals surface area contributed by atoms with Crippen LogP contribution in [-0.4, -0.2) is 32.7 Å². The first-order valence-corrected chi connectivity index (χ1v) is 12.8. The summed E-state index contributed by atoms with van der Waals surface area (Å²) in [5, 5.41) is 16.7. The number of nitrogens with one attached hydrogen (secondary N) is 1. The Labute approximate surface area is 232 Å². The Kier molecular flexibility index (Phi) is 7.25. The fourth-order valence-corrected chi connectivity index (χ4v) is 5.29. The topological polar surface area (TPSA) is 103 Å². The number of fused-ring (bicyclic) bond motifs is 1. The summed E-state index contributed by atoms with van der Waals surface area (Å²) in [4.78, 5) is 40.8. The van der Waals surface area contributed by atoms with Crippen molar-refractivity contribution in [1.82, 2.24) is 9.99 Å². The molecule has 1 aliphatic heterocycles. The van der Waals surface area contributed by atoms with Gasteiger partial charge in [0.1, 0.15) is 0 Å². The Morgan fingerprint density at radius 3 is 2.47 bits per heavy atom. The second-order valence-electron chi connectivity index (χ2n) is 8.80. The van der Waals surface area contributed by atoms with Crippen LogP contribution >= 0.6 is 34.8 Å². The van der Waals surface area contributed by atoms with Gasteiger partial charge in [0.05, 0.1) is 33.8 Å². The molecule has 2 heterocycles. The molecule has 38 heavy (non-hydrogen) atoms. The number of carboxylic acids is 1. The number of pyridine rings is 1. The molecular weight excluding hydrogens is 549 g/mol. The Morgan fingerprint density at radius 1 is 0.974 bits per heavy atom. The summed E-state index contributed by atoms with van der Waals surface area (Å²) in [5.74, 6) is -1.61. The summed E-state index contributed by atoms with van der Waals surface area (Å²) < 4.78 is 0. The zero-order valence-corrected chi connectivity index (χ0v) is 22.0. The van der Waals surface area contributed by atoms with Crippen LogP contribution in [0.25, 0.3) is 22.0 Å². The van der Waals surface area contributed by atoms with Crippen molar-refractivity contribution in [2.45, 2.75) is 25.3 Å². The van der Waals surface area contributed by atoms with Crippen molar-refractivity contribution in [3.8, 4) is 11.1 Å². The van der Waals surface area contributed by atoms with Crippen LogP contribution in [0.4, 0.5) is 0 Å². The first kappa shape index (κ1) is 26.0. The Bertz CT molecular complexity index is 1670. The number of aromatic nitrogens is 1. The zero-order valence-electron chi connectivity index (χ0n) is 19.7. The number of rotatable bonds is 6. The van der Waals surface area contributed by atoms with Gasteiger partial charge in [-0.2, -0.15) is 5.10 Å². The summed E-state index contributed by atoms with van der Waals surface area (Å²) in [7, 11) is 0. The van der Waals surface area contributed by atoms with Gasteiger partial charge in [-0.1, -0.05) is 77.3 Å². The first-order chi connectivity index (χ1) is 18.2. The normalized spacial score (nSPS) is 15.1. The molecule has 10 heteroatoms. The minimum Gasteiger partial charge on any atom is -0.481 e. The van der Waals surface area contributed by atoms with E-state index in [0.29, 0.717) is 43.4 Å². The molecule has 0 unspecified atom stereocenters. The van der Waals surface area contributed by atoms with E-state index < -0.39 is 17.9 Å². The number of hydrazone groups is 1. The summed E-state index contributed by atoms with van der Waals surface area (Å²) in [6.07, 6.45) is -0.468. The number of aromatic amines is 1. The highest BCUT2D eigenvalue weighted by molar-refractivity contribution is 6.42. The number of carbonyl (C=O) groups excluding carboxylic acids is 1. The van der Waals surface area contributed by atoms with Crippen molar-refractivity contribution in [3.63, 3.8) is 0 Å². The van der Waals surface area contributed by atoms with Crippen LogP contribution in [0.3, 0.4) is 0 Å². The van der Waals surface area contributed by atoms with E-state index >= 15 is 0 Å². The van der Waals surface area contributed by atoms with E-state index in [9.17, 15) is 14.4 Å². The number of H-pyrrole nitrogens is 1. The van der Waals surface area contributed by atoms with Gasteiger partial charge in [0.15, 0.2) is 0 Å². The molecule has 7 nitrogen and oxygen atoms in total. The van der Waals surface area contributed by atoms with Gasteiger partial charge < -0.3 is 10.1 Å². The van der Waals surface area contributed by atoms with Crippen molar-refractivity contribution in [2.75, 3.05) is 0 Å². The molecular formula is C28H20Cl3N3O4. The average molecular weight is 569 g/mol. The minimum absolute atomic E-state index is 0.161. The SMILES string of the molecule is O=C(O)CCC(=O)N1N=C(c2c(-c3ccccc3)c3cc(Cl)ccc3[nH]c2=O)C[C@@H]1c1cccc(Cl)c1Cl. The average Bonchev–Trinajstić information content (AvgIpc) is 3.33. The van der Waals surface area contributed by atoms with E-state index in [1.54, 1.807) is 36.4 Å². The van der Waals surface area contributed by atoms with E-state index in [2.05, 4.69) is 10.1 Å². The van der Waals surface area contributed by atoms with Crippen LogP contribution in [0.15, 0.2) is 76.6 Å². The summed E-state index contributed by atoms with van der Waals surface area (Å²) in [5.41, 5.74) is 2.82.